The number of H-pyrrole nitrogens is 1. The van der Waals surface area contributed by atoms with Crippen LogP contribution in [0.2, 0.25) is 0 Å². The lowest BCUT2D eigenvalue weighted by molar-refractivity contribution is 0.795. The Bertz CT molecular complexity index is 1530. The van der Waals surface area contributed by atoms with Gasteiger partial charge in [0.1, 0.15) is 5.82 Å². The van der Waals surface area contributed by atoms with Crippen molar-refractivity contribution < 1.29 is 0 Å². The highest BCUT2D eigenvalue weighted by Crippen LogP contribution is 2.43. The molecule has 0 fully saturated rings. The van der Waals surface area contributed by atoms with Crippen molar-refractivity contribution in [2.45, 2.75) is 53.9 Å². The van der Waals surface area contributed by atoms with Crippen LogP contribution in [0.4, 0.5) is 5.69 Å². The van der Waals surface area contributed by atoms with E-state index in [1.807, 2.05) is 17.5 Å². The summed E-state index contributed by atoms with van der Waals surface area (Å²) < 4.78 is 1.32. The minimum Gasteiger partial charge on any atom is -0.342 e. The molecule has 4 heteroatoms. The zero-order valence-electron chi connectivity index (χ0n) is 21.4. The Kier molecular flexibility index (Phi) is 6.33. The van der Waals surface area contributed by atoms with Gasteiger partial charge < -0.3 is 4.98 Å². The third-order valence-corrected chi connectivity index (χ3v) is 7.89. The molecule has 0 atom stereocenters. The van der Waals surface area contributed by atoms with E-state index in [0.29, 0.717) is 11.8 Å². The summed E-state index contributed by atoms with van der Waals surface area (Å²) >= 11 is 1.81. The van der Waals surface area contributed by atoms with Crippen LogP contribution in [0.25, 0.3) is 43.2 Å². The zero-order chi connectivity index (χ0) is 24.7. The van der Waals surface area contributed by atoms with Crippen LogP contribution < -0.4 is 0 Å². The molecule has 2 heterocycles. The molecule has 0 aliphatic rings. The van der Waals surface area contributed by atoms with E-state index in [-0.39, 0.29) is 0 Å². The largest absolute Gasteiger partial charge is 0.342 e. The average Bonchev–Trinajstić information content (AvgIpc) is 3.54. The van der Waals surface area contributed by atoms with Gasteiger partial charge in [0.05, 0.1) is 17.6 Å². The predicted molar refractivity (Wildman–Crippen MR) is 153 cm³/mol. The molecule has 178 valence electrons. The van der Waals surface area contributed by atoms with E-state index in [4.69, 9.17) is 4.99 Å². The highest BCUT2D eigenvalue weighted by Gasteiger charge is 2.16. The van der Waals surface area contributed by atoms with Gasteiger partial charge in [0.25, 0.3) is 0 Å². The summed E-state index contributed by atoms with van der Waals surface area (Å²) in [5, 5.41) is 6.11. The third-order valence-electron chi connectivity index (χ3n) is 6.94. The Hall–Kier alpha value is -3.24. The topological polar surface area (TPSA) is 41.0 Å². The summed E-state index contributed by atoms with van der Waals surface area (Å²) in [6.45, 7) is 13.1. The average molecular weight is 480 g/mol. The van der Waals surface area contributed by atoms with E-state index in [1.165, 1.54) is 43.3 Å². The molecule has 0 aliphatic carbocycles. The normalized spacial score (nSPS) is 12.5. The van der Waals surface area contributed by atoms with Crippen molar-refractivity contribution in [2.24, 2.45) is 10.9 Å². The fraction of sp³-hybridized carbons (Fsp3) is 0.290. The number of thiophene rings is 1. The number of aryl methyl sites for hydroxylation is 1. The fourth-order valence-corrected chi connectivity index (χ4v) is 5.51. The third kappa shape index (κ3) is 4.32. The summed E-state index contributed by atoms with van der Waals surface area (Å²) in [6, 6.07) is 17.9. The van der Waals surface area contributed by atoms with Crippen molar-refractivity contribution in [1.82, 2.24) is 9.97 Å². The minimum atomic E-state index is 0.392. The number of aromatic amines is 1. The number of nitrogens with zero attached hydrogens (tertiary/aromatic N) is 2. The summed E-state index contributed by atoms with van der Waals surface area (Å²) in [4.78, 5) is 13.1. The maximum Gasteiger partial charge on any atom is 0.109 e. The molecule has 0 aliphatic heterocycles. The van der Waals surface area contributed by atoms with E-state index in [9.17, 15) is 0 Å². The minimum absolute atomic E-state index is 0.392. The monoisotopic (exact) mass is 479 g/mol. The molecule has 0 spiro atoms. The molecule has 35 heavy (non-hydrogen) atoms. The van der Waals surface area contributed by atoms with Crippen LogP contribution in [-0.4, -0.2) is 15.7 Å². The number of hydrogen-bond donors (Lipinski definition) is 1. The van der Waals surface area contributed by atoms with Crippen LogP contribution in [0.1, 0.15) is 58.8 Å². The van der Waals surface area contributed by atoms with Gasteiger partial charge in [0.2, 0.25) is 0 Å². The number of aromatic nitrogens is 2. The first-order chi connectivity index (χ1) is 16.9. The first kappa shape index (κ1) is 23.5. The Morgan fingerprint density at radius 2 is 1.63 bits per heavy atom. The van der Waals surface area contributed by atoms with Crippen LogP contribution >= 0.6 is 11.3 Å². The quantitative estimate of drug-likeness (QED) is 0.242. The van der Waals surface area contributed by atoms with Crippen molar-refractivity contribution >= 4 is 43.6 Å². The van der Waals surface area contributed by atoms with Crippen LogP contribution in [0.5, 0.6) is 0 Å². The molecule has 3 aromatic carbocycles. The number of benzene rings is 3. The second-order valence-electron chi connectivity index (χ2n) is 9.93. The Morgan fingerprint density at radius 1 is 0.914 bits per heavy atom. The molecule has 1 N–H and O–H groups in total. The smallest absolute Gasteiger partial charge is 0.109 e. The van der Waals surface area contributed by atoms with Crippen molar-refractivity contribution in [1.29, 1.82) is 0 Å². The number of imidazole rings is 1. The molecule has 0 saturated carbocycles. The van der Waals surface area contributed by atoms with E-state index < -0.39 is 0 Å². The highest BCUT2D eigenvalue weighted by atomic mass is 32.1. The molecule has 0 radical (unpaired) electrons. The lowest BCUT2D eigenvalue weighted by Crippen LogP contribution is -2.01. The van der Waals surface area contributed by atoms with Gasteiger partial charge in [0, 0.05) is 27.1 Å². The van der Waals surface area contributed by atoms with Gasteiger partial charge >= 0.3 is 0 Å². The highest BCUT2D eigenvalue weighted by molar-refractivity contribution is 7.18. The van der Waals surface area contributed by atoms with E-state index in [0.717, 1.165) is 29.2 Å². The number of aliphatic imine (C=N–C) groups is 1. The zero-order valence-corrected chi connectivity index (χ0v) is 22.3. The molecule has 0 bridgehead atoms. The summed E-state index contributed by atoms with van der Waals surface area (Å²) in [6.07, 6.45) is 2.89. The lowest BCUT2D eigenvalue weighted by atomic mass is 9.94. The number of hydrogen-bond acceptors (Lipinski definition) is 3. The van der Waals surface area contributed by atoms with Gasteiger partial charge in [-0.05, 0) is 64.4 Å². The predicted octanol–water partition coefficient (Wildman–Crippen LogP) is 9.55. The van der Waals surface area contributed by atoms with Gasteiger partial charge in [-0.15, -0.1) is 11.3 Å². The Labute approximate surface area is 212 Å². The van der Waals surface area contributed by atoms with Crippen molar-refractivity contribution in [3.05, 3.63) is 71.5 Å². The molecule has 2 aromatic heterocycles. The van der Waals surface area contributed by atoms with Crippen LogP contribution in [0.3, 0.4) is 0 Å². The standard InChI is InChI=1S/C31H33N3S/c1-7-24-25-13-12-23(21-8-10-22(11-9-21)28-17-32-31(34-28)19(4)5)16-27(25)30-26(14-15-35-30)29(24)33-20(6)18(2)3/h8-19H,7H2,1-6H3,(H,32,34). The van der Waals surface area contributed by atoms with Crippen LogP contribution in [-0.2, 0) is 6.42 Å². The van der Waals surface area contributed by atoms with Crippen molar-refractivity contribution in [3.8, 4) is 22.4 Å². The molecule has 5 rings (SSSR count). The molecule has 3 nitrogen and oxygen atoms in total. The Balaban J connectivity index is 1.60. The van der Waals surface area contributed by atoms with E-state index >= 15 is 0 Å². The van der Waals surface area contributed by atoms with Gasteiger partial charge in [-0.2, -0.15) is 0 Å². The number of fused-ring (bicyclic) bond motifs is 3. The molecule has 0 saturated heterocycles. The lowest BCUT2D eigenvalue weighted by Gasteiger charge is -2.14. The first-order valence-corrected chi connectivity index (χ1v) is 13.4. The van der Waals surface area contributed by atoms with Crippen molar-refractivity contribution in [3.63, 3.8) is 0 Å². The maximum atomic E-state index is 5.13. The van der Waals surface area contributed by atoms with Crippen LogP contribution in [0.15, 0.2) is 65.1 Å². The van der Waals surface area contributed by atoms with Crippen molar-refractivity contribution in [2.75, 3.05) is 0 Å². The molecule has 0 amide bonds. The molecule has 5 aromatic rings. The fourth-order valence-electron chi connectivity index (χ4n) is 4.58. The van der Waals surface area contributed by atoms with E-state index in [2.05, 4.69) is 105 Å². The first-order valence-electron chi connectivity index (χ1n) is 12.5. The maximum absolute atomic E-state index is 5.13. The molecule has 0 unspecified atom stereocenters. The van der Waals surface area contributed by atoms with E-state index in [1.54, 1.807) is 0 Å². The summed E-state index contributed by atoms with van der Waals surface area (Å²) in [7, 11) is 0. The number of nitrogens with one attached hydrogen (secondary N) is 1. The van der Waals surface area contributed by atoms with Gasteiger partial charge in [-0.3, -0.25) is 4.99 Å². The summed E-state index contributed by atoms with van der Waals surface area (Å²) in [5.74, 6) is 1.86. The number of rotatable bonds is 6. The molecular formula is C31H33N3S. The SMILES string of the molecule is CCc1c(N=C(C)C(C)C)c2ccsc2c2cc(-c3ccc(-c4cnc(C(C)C)[nH]4)cc3)ccc12. The Morgan fingerprint density at radius 3 is 2.29 bits per heavy atom. The molecular weight excluding hydrogens is 446 g/mol. The summed E-state index contributed by atoms with van der Waals surface area (Å²) in [5.41, 5.74) is 8.36. The van der Waals surface area contributed by atoms with Gasteiger partial charge in [-0.25, -0.2) is 4.98 Å². The second kappa shape index (κ2) is 9.43. The van der Waals surface area contributed by atoms with Crippen LogP contribution in [0, 0.1) is 5.92 Å². The second-order valence-corrected chi connectivity index (χ2v) is 10.8. The van der Waals surface area contributed by atoms with Gasteiger partial charge in [0.15, 0.2) is 0 Å². The van der Waals surface area contributed by atoms with Gasteiger partial charge in [-0.1, -0.05) is 71.0 Å².